The standard InChI is InChI=1S/C12H9FN2O3/c13-9-2-10-5(1-6(9)12(16)17)7-3-18-4-8(7)11(14)15-10/h1-2H,3-4H2,(H2,14,15)(H,16,17). The van der Waals surface area contributed by atoms with Gasteiger partial charge < -0.3 is 15.6 Å². The number of carboxylic acids is 1. The zero-order valence-corrected chi connectivity index (χ0v) is 9.24. The monoisotopic (exact) mass is 248 g/mol. The summed E-state index contributed by atoms with van der Waals surface area (Å²) in [6, 6.07) is 2.38. The normalized spacial score (nSPS) is 13.8. The summed E-state index contributed by atoms with van der Waals surface area (Å²) in [5.41, 5.74) is 7.28. The first-order valence-electron chi connectivity index (χ1n) is 5.29. The van der Waals surface area contributed by atoms with Gasteiger partial charge in [-0.3, -0.25) is 0 Å². The van der Waals surface area contributed by atoms with Gasteiger partial charge in [0.25, 0.3) is 0 Å². The zero-order valence-electron chi connectivity index (χ0n) is 9.24. The van der Waals surface area contributed by atoms with Crippen LogP contribution >= 0.6 is 0 Å². The minimum absolute atomic E-state index is 0.303. The fourth-order valence-electron chi connectivity index (χ4n) is 2.16. The second kappa shape index (κ2) is 3.64. The van der Waals surface area contributed by atoms with E-state index in [9.17, 15) is 9.18 Å². The maximum Gasteiger partial charge on any atom is 0.338 e. The van der Waals surface area contributed by atoms with E-state index in [2.05, 4.69) is 4.98 Å². The van der Waals surface area contributed by atoms with E-state index < -0.39 is 11.8 Å². The SMILES string of the molecule is Nc1nc2cc(F)c(C(=O)O)cc2c2c1COC2. The summed E-state index contributed by atoms with van der Waals surface area (Å²) >= 11 is 0. The highest BCUT2D eigenvalue weighted by Crippen LogP contribution is 2.32. The van der Waals surface area contributed by atoms with Gasteiger partial charge in [0.05, 0.1) is 24.3 Å². The molecule has 92 valence electrons. The Hall–Kier alpha value is -2.21. The minimum Gasteiger partial charge on any atom is -0.478 e. The lowest BCUT2D eigenvalue weighted by Crippen LogP contribution is -2.04. The number of aromatic nitrogens is 1. The lowest BCUT2D eigenvalue weighted by Gasteiger charge is -2.08. The van der Waals surface area contributed by atoms with Gasteiger partial charge in [0.1, 0.15) is 11.6 Å². The van der Waals surface area contributed by atoms with Crippen LogP contribution in [0.2, 0.25) is 0 Å². The van der Waals surface area contributed by atoms with Crippen molar-refractivity contribution in [3.8, 4) is 0 Å². The van der Waals surface area contributed by atoms with E-state index in [1.54, 1.807) is 0 Å². The number of benzene rings is 1. The molecule has 2 aromatic rings. The van der Waals surface area contributed by atoms with Crippen molar-refractivity contribution in [2.75, 3.05) is 5.73 Å². The number of nitrogen functional groups attached to an aromatic ring is 1. The molecule has 1 aromatic carbocycles. The number of hydrogen-bond acceptors (Lipinski definition) is 4. The molecule has 0 fully saturated rings. The van der Waals surface area contributed by atoms with Crippen LogP contribution in [0.15, 0.2) is 12.1 Å². The lowest BCUT2D eigenvalue weighted by atomic mass is 10.0. The molecule has 1 aromatic heterocycles. The van der Waals surface area contributed by atoms with Crippen molar-refractivity contribution in [1.29, 1.82) is 0 Å². The van der Waals surface area contributed by atoms with E-state index in [4.69, 9.17) is 15.6 Å². The van der Waals surface area contributed by atoms with Crippen molar-refractivity contribution >= 4 is 22.7 Å². The van der Waals surface area contributed by atoms with Crippen LogP contribution in [0.25, 0.3) is 10.9 Å². The number of nitrogens with zero attached hydrogens (tertiary/aromatic N) is 1. The Bertz CT molecular complexity index is 685. The highest BCUT2D eigenvalue weighted by atomic mass is 19.1. The Balaban J connectivity index is 2.40. The predicted molar refractivity (Wildman–Crippen MR) is 61.6 cm³/mol. The number of halogens is 1. The average molecular weight is 248 g/mol. The first kappa shape index (κ1) is 10.9. The van der Waals surface area contributed by atoms with Gasteiger partial charge in [-0.1, -0.05) is 0 Å². The van der Waals surface area contributed by atoms with E-state index in [-0.39, 0.29) is 5.56 Å². The molecule has 1 aliphatic heterocycles. The van der Waals surface area contributed by atoms with Crippen LogP contribution in [0.4, 0.5) is 10.2 Å². The fraction of sp³-hybridized carbons (Fsp3) is 0.167. The second-order valence-electron chi connectivity index (χ2n) is 4.10. The van der Waals surface area contributed by atoms with Crippen LogP contribution in [-0.2, 0) is 18.0 Å². The first-order valence-corrected chi connectivity index (χ1v) is 5.29. The summed E-state index contributed by atoms with van der Waals surface area (Å²) in [7, 11) is 0. The van der Waals surface area contributed by atoms with Crippen molar-refractivity contribution in [3.63, 3.8) is 0 Å². The minimum atomic E-state index is -1.31. The summed E-state index contributed by atoms with van der Waals surface area (Å²) in [6.07, 6.45) is 0. The van der Waals surface area contributed by atoms with Gasteiger partial charge in [-0.15, -0.1) is 0 Å². The molecule has 0 saturated heterocycles. The van der Waals surface area contributed by atoms with Crippen LogP contribution < -0.4 is 5.73 Å². The maximum atomic E-state index is 13.6. The largest absolute Gasteiger partial charge is 0.478 e. The molecule has 0 saturated carbocycles. The Morgan fingerprint density at radius 3 is 2.83 bits per heavy atom. The molecule has 3 rings (SSSR count). The third-order valence-electron chi connectivity index (χ3n) is 3.05. The summed E-state index contributed by atoms with van der Waals surface area (Å²) < 4.78 is 18.8. The number of rotatable bonds is 1. The molecule has 0 radical (unpaired) electrons. The van der Waals surface area contributed by atoms with Gasteiger partial charge in [0.15, 0.2) is 0 Å². The zero-order chi connectivity index (χ0) is 12.9. The summed E-state index contributed by atoms with van der Waals surface area (Å²) in [5, 5.41) is 9.49. The van der Waals surface area contributed by atoms with Crippen molar-refractivity contribution in [1.82, 2.24) is 4.98 Å². The van der Waals surface area contributed by atoms with Crippen molar-refractivity contribution in [2.45, 2.75) is 13.2 Å². The Morgan fingerprint density at radius 1 is 1.39 bits per heavy atom. The van der Waals surface area contributed by atoms with Gasteiger partial charge in [-0.25, -0.2) is 14.2 Å². The van der Waals surface area contributed by atoms with E-state index in [0.717, 1.165) is 17.2 Å². The fourth-order valence-corrected chi connectivity index (χ4v) is 2.16. The molecule has 2 heterocycles. The molecule has 6 heteroatoms. The van der Waals surface area contributed by atoms with E-state index in [0.29, 0.717) is 29.9 Å². The topological polar surface area (TPSA) is 85.4 Å². The van der Waals surface area contributed by atoms with Crippen LogP contribution in [0, 0.1) is 5.82 Å². The number of ether oxygens (including phenoxy) is 1. The third-order valence-corrected chi connectivity index (χ3v) is 3.05. The summed E-state index contributed by atoms with van der Waals surface area (Å²) in [6.45, 7) is 0.688. The number of hydrogen-bond donors (Lipinski definition) is 2. The molecule has 0 atom stereocenters. The maximum absolute atomic E-state index is 13.6. The van der Waals surface area contributed by atoms with Crippen LogP contribution in [0.5, 0.6) is 0 Å². The number of pyridine rings is 1. The molecule has 0 unspecified atom stereocenters. The Kier molecular flexibility index (Phi) is 2.21. The average Bonchev–Trinajstić information content (AvgIpc) is 2.77. The quantitative estimate of drug-likeness (QED) is 0.802. The molecule has 0 bridgehead atoms. The Morgan fingerprint density at radius 2 is 2.11 bits per heavy atom. The molecule has 5 nitrogen and oxygen atoms in total. The summed E-state index contributed by atoms with van der Waals surface area (Å²) in [5.74, 6) is -1.82. The molecular formula is C12H9FN2O3. The number of fused-ring (bicyclic) bond motifs is 3. The van der Waals surface area contributed by atoms with Crippen molar-refractivity contribution in [2.24, 2.45) is 0 Å². The smallest absolute Gasteiger partial charge is 0.338 e. The second-order valence-corrected chi connectivity index (χ2v) is 4.10. The molecule has 1 aliphatic rings. The Labute approximate surface area is 101 Å². The van der Waals surface area contributed by atoms with Crippen LogP contribution in [-0.4, -0.2) is 16.1 Å². The van der Waals surface area contributed by atoms with Gasteiger partial charge >= 0.3 is 5.97 Å². The van der Waals surface area contributed by atoms with Crippen molar-refractivity contribution < 1.29 is 19.0 Å². The molecule has 0 aliphatic carbocycles. The molecule has 3 N–H and O–H groups in total. The van der Waals surface area contributed by atoms with Crippen molar-refractivity contribution in [3.05, 3.63) is 34.6 Å². The highest BCUT2D eigenvalue weighted by Gasteiger charge is 2.21. The predicted octanol–water partition coefficient (Wildman–Crippen LogP) is 1.68. The van der Waals surface area contributed by atoms with Crippen LogP contribution in [0.3, 0.4) is 0 Å². The molecule has 18 heavy (non-hydrogen) atoms. The van der Waals surface area contributed by atoms with E-state index >= 15 is 0 Å². The number of aromatic carboxylic acids is 1. The number of carbonyl (C=O) groups is 1. The van der Waals surface area contributed by atoms with E-state index in [1.807, 2.05) is 0 Å². The summed E-state index contributed by atoms with van der Waals surface area (Å²) in [4.78, 5) is 15.0. The lowest BCUT2D eigenvalue weighted by molar-refractivity contribution is 0.0692. The van der Waals surface area contributed by atoms with Gasteiger partial charge in [-0.2, -0.15) is 0 Å². The number of anilines is 1. The molecular weight excluding hydrogens is 239 g/mol. The van der Waals surface area contributed by atoms with E-state index in [1.165, 1.54) is 6.07 Å². The van der Waals surface area contributed by atoms with Gasteiger partial charge in [0, 0.05) is 17.0 Å². The molecule has 0 amide bonds. The number of carboxylic acid groups (broad SMARTS) is 1. The van der Waals surface area contributed by atoms with Crippen LogP contribution in [0.1, 0.15) is 21.5 Å². The molecule has 0 spiro atoms. The van der Waals surface area contributed by atoms with Gasteiger partial charge in [0.2, 0.25) is 0 Å². The number of nitrogens with two attached hydrogens (primary N) is 1. The van der Waals surface area contributed by atoms with Gasteiger partial charge in [-0.05, 0) is 11.6 Å². The highest BCUT2D eigenvalue weighted by molar-refractivity contribution is 5.95. The third kappa shape index (κ3) is 1.42. The first-order chi connectivity index (χ1) is 8.58.